The summed E-state index contributed by atoms with van der Waals surface area (Å²) in [5, 5.41) is 0. The Bertz CT molecular complexity index is 534. The molecule has 4 nitrogen and oxygen atoms in total. The van der Waals surface area contributed by atoms with E-state index in [-0.39, 0.29) is 17.5 Å². The van der Waals surface area contributed by atoms with E-state index < -0.39 is 5.82 Å². The smallest absolute Gasteiger partial charge is 0.257 e. The second-order valence-electron chi connectivity index (χ2n) is 5.84. The van der Waals surface area contributed by atoms with Crippen molar-refractivity contribution in [1.29, 1.82) is 0 Å². The van der Waals surface area contributed by atoms with Crippen molar-refractivity contribution >= 4 is 11.6 Å². The van der Waals surface area contributed by atoms with Gasteiger partial charge in [0.25, 0.3) is 5.91 Å². The predicted molar refractivity (Wildman–Crippen MR) is 75.9 cm³/mol. The van der Waals surface area contributed by atoms with Gasteiger partial charge in [0, 0.05) is 30.9 Å². The molecule has 0 saturated carbocycles. The molecule has 108 valence electrons. The Balaban J connectivity index is 1.82. The van der Waals surface area contributed by atoms with Crippen LogP contribution in [0.1, 0.15) is 30.1 Å². The molecule has 2 aliphatic rings. The minimum atomic E-state index is -0.531. The summed E-state index contributed by atoms with van der Waals surface area (Å²) in [6.07, 6.45) is 2.32. The summed E-state index contributed by atoms with van der Waals surface area (Å²) in [6.45, 7) is 4.73. The van der Waals surface area contributed by atoms with E-state index in [4.69, 9.17) is 5.73 Å². The van der Waals surface area contributed by atoms with Crippen LogP contribution in [-0.4, -0.2) is 47.4 Å². The number of piperazine rings is 1. The molecule has 2 atom stereocenters. The highest BCUT2D eigenvalue weighted by Gasteiger charge is 2.37. The fourth-order valence-corrected chi connectivity index (χ4v) is 3.33. The number of rotatable bonds is 1. The van der Waals surface area contributed by atoms with Crippen LogP contribution in [0.15, 0.2) is 18.2 Å². The molecule has 0 aliphatic carbocycles. The van der Waals surface area contributed by atoms with Crippen molar-refractivity contribution in [2.24, 2.45) is 0 Å². The van der Waals surface area contributed by atoms with Crippen molar-refractivity contribution in [1.82, 2.24) is 9.80 Å². The summed E-state index contributed by atoms with van der Waals surface area (Å²) in [4.78, 5) is 16.8. The Hall–Kier alpha value is -1.62. The van der Waals surface area contributed by atoms with Crippen LogP contribution in [0.4, 0.5) is 10.1 Å². The summed E-state index contributed by atoms with van der Waals surface area (Å²) in [5.41, 5.74) is 6.00. The van der Waals surface area contributed by atoms with Crippen LogP contribution in [0.2, 0.25) is 0 Å². The highest BCUT2D eigenvalue weighted by atomic mass is 19.1. The van der Waals surface area contributed by atoms with E-state index in [1.54, 1.807) is 11.0 Å². The third-order valence-electron chi connectivity index (χ3n) is 4.42. The number of carbonyl (C=O) groups excluding carboxylic acids is 1. The fraction of sp³-hybridized carbons (Fsp3) is 0.533. The van der Waals surface area contributed by atoms with Gasteiger partial charge in [0.05, 0.1) is 5.56 Å². The first-order chi connectivity index (χ1) is 9.56. The molecule has 3 rings (SSSR count). The van der Waals surface area contributed by atoms with Gasteiger partial charge in [-0.2, -0.15) is 0 Å². The largest absolute Gasteiger partial charge is 0.399 e. The second-order valence-corrected chi connectivity index (χ2v) is 5.84. The van der Waals surface area contributed by atoms with Gasteiger partial charge in [0.1, 0.15) is 5.82 Å². The van der Waals surface area contributed by atoms with E-state index >= 15 is 0 Å². The number of amides is 1. The number of fused-ring (bicyclic) bond motifs is 1. The Kier molecular flexibility index (Phi) is 3.38. The minimum Gasteiger partial charge on any atom is -0.399 e. The molecule has 2 N–H and O–H groups in total. The third kappa shape index (κ3) is 2.26. The second kappa shape index (κ2) is 5.05. The molecule has 0 aromatic heterocycles. The van der Waals surface area contributed by atoms with Crippen LogP contribution in [0, 0.1) is 5.82 Å². The molecule has 0 radical (unpaired) electrons. The van der Waals surface area contributed by atoms with Gasteiger partial charge >= 0.3 is 0 Å². The van der Waals surface area contributed by atoms with E-state index in [2.05, 4.69) is 4.90 Å². The average molecular weight is 277 g/mol. The number of anilines is 1. The van der Waals surface area contributed by atoms with E-state index in [0.717, 1.165) is 19.5 Å². The predicted octanol–water partition coefficient (Wildman–Crippen LogP) is 1.72. The first-order valence-corrected chi connectivity index (χ1v) is 7.16. The number of benzene rings is 1. The Labute approximate surface area is 118 Å². The molecule has 0 bridgehead atoms. The number of nitrogens with zero attached hydrogens (tertiary/aromatic N) is 2. The molecule has 2 unspecified atom stereocenters. The molecule has 1 amide bonds. The van der Waals surface area contributed by atoms with Crippen molar-refractivity contribution in [3.63, 3.8) is 0 Å². The lowest BCUT2D eigenvalue weighted by atomic mass is 10.1. The van der Waals surface area contributed by atoms with Crippen molar-refractivity contribution in [2.45, 2.75) is 31.8 Å². The van der Waals surface area contributed by atoms with Crippen LogP contribution in [-0.2, 0) is 0 Å². The molecule has 20 heavy (non-hydrogen) atoms. The summed E-state index contributed by atoms with van der Waals surface area (Å²) >= 11 is 0. The van der Waals surface area contributed by atoms with Crippen molar-refractivity contribution in [3.05, 3.63) is 29.6 Å². The maximum atomic E-state index is 13.9. The maximum absolute atomic E-state index is 13.9. The number of nitrogen functional groups attached to an aromatic ring is 1. The van der Waals surface area contributed by atoms with E-state index in [9.17, 15) is 9.18 Å². The quantitative estimate of drug-likeness (QED) is 0.795. The van der Waals surface area contributed by atoms with Gasteiger partial charge < -0.3 is 10.6 Å². The highest BCUT2D eigenvalue weighted by Crippen LogP contribution is 2.26. The van der Waals surface area contributed by atoms with Gasteiger partial charge in [-0.1, -0.05) is 0 Å². The van der Waals surface area contributed by atoms with Gasteiger partial charge in [-0.3, -0.25) is 9.69 Å². The van der Waals surface area contributed by atoms with E-state index in [1.807, 2.05) is 6.92 Å². The molecule has 1 aromatic rings. The van der Waals surface area contributed by atoms with Crippen molar-refractivity contribution in [2.75, 3.05) is 25.4 Å². The van der Waals surface area contributed by atoms with Gasteiger partial charge in [-0.25, -0.2) is 4.39 Å². The third-order valence-corrected chi connectivity index (χ3v) is 4.42. The van der Waals surface area contributed by atoms with Crippen LogP contribution >= 0.6 is 0 Å². The normalized spacial score (nSPS) is 26.6. The molecule has 0 spiro atoms. The van der Waals surface area contributed by atoms with E-state index in [0.29, 0.717) is 18.3 Å². The SMILES string of the molecule is CC1CN2CCCC2CN1C(=O)c1ccc(N)cc1F. The summed E-state index contributed by atoms with van der Waals surface area (Å²) in [5.74, 6) is -0.752. The van der Waals surface area contributed by atoms with Crippen molar-refractivity contribution in [3.8, 4) is 0 Å². The van der Waals surface area contributed by atoms with Crippen LogP contribution < -0.4 is 5.73 Å². The van der Waals surface area contributed by atoms with Crippen LogP contribution in [0.3, 0.4) is 0 Å². The average Bonchev–Trinajstić information content (AvgIpc) is 2.84. The number of nitrogens with two attached hydrogens (primary N) is 1. The molecule has 2 fully saturated rings. The van der Waals surface area contributed by atoms with Crippen LogP contribution in [0.5, 0.6) is 0 Å². The highest BCUT2D eigenvalue weighted by molar-refractivity contribution is 5.95. The molecular formula is C15H20FN3O. The number of hydrogen-bond acceptors (Lipinski definition) is 3. The lowest BCUT2D eigenvalue weighted by Crippen LogP contribution is -2.56. The summed E-state index contributed by atoms with van der Waals surface area (Å²) in [7, 11) is 0. The number of carbonyl (C=O) groups is 1. The molecular weight excluding hydrogens is 257 g/mol. The zero-order valence-corrected chi connectivity index (χ0v) is 11.7. The number of halogens is 1. The van der Waals surface area contributed by atoms with Crippen LogP contribution in [0.25, 0.3) is 0 Å². The Morgan fingerprint density at radius 1 is 1.40 bits per heavy atom. The monoisotopic (exact) mass is 277 g/mol. The Morgan fingerprint density at radius 3 is 2.95 bits per heavy atom. The molecule has 5 heteroatoms. The van der Waals surface area contributed by atoms with Gasteiger partial charge in [0.15, 0.2) is 0 Å². The lowest BCUT2D eigenvalue weighted by Gasteiger charge is -2.42. The fourth-order valence-electron chi connectivity index (χ4n) is 3.33. The molecule has 1 aromatic carbocycles. The topological polar surface area (TPSA) is 49.6 Å². The Morgan fingerprint density at radius 2 is 2.20 bits per heavy atom. The first kappa shape index (κ1) is 13.4. The molecule has 2 heterocycles. The number of hydrogen-bond donors (Lipinski definition) is 1. The molecule has 2 aliphatic heterocycles. The minimum absolute atomic E-state index is 0.119. The van der Waals surface area contributed by atoms with Crippen molar-refractivity contribution < 1.29 is 9.18 Å². The zero-order chi connectivity index (χ0) is 14.3. The zero-order valence-electron chi connectivity index (χ0n) is 11.7. The maximum Gasteiger partial charge on any atom is 0.257 e. The standard InChI is InChI=1S/C15H20FN3O/c1-10-8-18-6-2-3-12(18)9-19(10)15(20)13-5-4-11(17)7-14(13)16/h4-5,7,10,12H,2-3,6,8-9,17H2,1H3. The molecule has 2 saturated heterocycles. The summed E-state index contributed by atoms with van der Waals surface area (Å²) < 4.78 is 13.9. The first-order valence-electron chi connectivity index (χ1n) is 7.16. The van der Waals surface area contributed by atoms with E-state index in [1.165, 1.54) is 18.6 Å². The summed E-state index contributed by atoms with van der Waals surface area (Å²) in [6, 6.07) is 4.83. The van der Waals surface area contributed by atoms with Gasteiger partial charge in [-0.15, -0.1) is 0 Å². The lowest BCUT2D eigenvalue weighted by molar-refractivity contribution is 0.0391. The van der Waals surface area contributed by atoms with Gasteiger partial charge in [-0.05, 0) is 44.5 Å². The van der Waals surface area contributed by atoms with Gasteiger partial charge in [0.2, 0.25) is 0 Å².